The number of carbonyl (C=O) groups is 3. The van der Waals surface area contributed by atoms with Gasteiger partial charge in [0.2, 0.25) is 0 Å². The zero-order valence-electron chi connectivity index (χ0n) is 52.8. The van der Waals surface area contributed by atoms with E-state index in [2.05, 4.69) is 118 Å². The van der Waals surface area contributed by atoms with E-state index in [1.165, 1.54) is 173 Å². The van der Waals surface area contributed by atoms with Crippen LogP contribution < -0.4 is 0 Å². The number of hydrogen-bond acceptors (Lipinski definition) is 6. The fourth-order valence-corrected chi connectivity index (χ4v) is 9.76. The quantitative estimate of drug-likeness (QED) is 0.0261. The molecule has 0 saturated heterocycles. The first kappa shape index (κ1) is 76.3. The number of rotatable bonds is 62. The molecule has 80 heavy (non-hydrogen) atoms. The van der Waals surface area contributed by atoms with Gasteiger partial charge in [0.1, 0.15) is 13.2 Å². The Morgan fingerprint density at radius 3 is 0.762 bits per heavy atom. The summed E-state index contributed by atoms with van der Waals surface area (Å²) in [5.41, 5.74) is 0. The van der Waals surface area contributed by atoms with E-state index in [4.69, 9.17) is 14.2 Å². The van der Waals surface area contributed by atoms with Crippen molar-refractivity contribution in [2.24, 2.45) is 0 Å². The first-order valence-electron chi connectivity index (χ1n) is 34.2. The summed E-state index contributed by atoms with van der Waals surface area (Å²) in [6.45, 7) is 6.53. The van der Waals surface area contributed by atoms with Crippen molar-refractivity contribution in [1.29, 1.82) is 0 Å². The summed E-state index contributed by atoms with van der Waals surface area (Å²) < 4.78 is 16.9. The van der Waals surface area contributed by atoms with Crippen LogP contribution in [0.2, 0.25) is 0 Å². The summed E-state index contributed by atoms with van der Waals surface area (Å²) >= 11 is 0. The smallest absolute Gasteiger partial charge is 0.306 e. The average molecular weight is 1110 g/mol. The third kappa shape index (κ3) is 65.1. The van der Waals surface area contributed by atoms with Crippen LogP contribution in [0.3, 0.4) is 0 Å². The standard InChI is InChI=1S/C74H128O6/c1-4-7-10-13-16-19-21-23-25-27-29-31-33-34-35-36-37-38-39-40-41-43-44-46-48-50-52-55-58-61-64-67-73(76)79-70-71(69-78-72(75)66-63-60-57-54-18-15-12-9-6-3)80-74(77)68-65-62-59-56-53-51-49-47-45-42-32-30-28-26-24-22-20-17-14-11-8-5-2/h7,10,16,19,23,25,29,31,34-35,37-38,40-41,44,46,71H,4-6,8-9,11-15,17-18,20-22,24,26-28,30,32-33,36,39,42-43,45,47-70H2,1-3H3/b10-7-,19-16-,25-23-,31-29-,35-34-,38-37-,41-40-,46-44-. The van der Waals surface area contributed by atoms with Gasteiger partial charge in [0.15, 0.2) is 6.10 Å². The molecule has 6 heteroatoms. The molecule has 0 heterocycles. The number of allylic oxidation sites excluding steroid dienone is 16. The Labute approximate surface area is 496 Å². The minimum atomic E-state index is -0.781. The van der Waals surface area contributed by atoms with Gasteiger partial charge in [-0.05, 0) is 83.5 Å². The minimum Gasteiger partial charge on any atom is -0.462 e. The Hall–Kier alpha value is -3.67. The van der Waals surface area contributed by atoms with E-state index in [0.717, 1.165) is 122 Å². The summed E-state index contributed by atoms with van der Waals surface area (Å²) in [5.74, 6) is -0.881. The van der Waals surface area contributed by atoms with E-state index in [1.54, 1.807) is 0 Å². The van der Waals surface area contributed by atoms with E-state index in [-0.39, 0.29) is 31.1 Å². The lowest BCUT2D eigenvalue weighted by molar-refractivity contribution is -0.167. The second kappa shape index (κ2) is 67.8. The largest absolute Gasteiger partial charge is 0.462 e. The van der Waals surface area contributed by atoms with Gasteiger partial charge >= 0.3 is 17.9 Å². The zero-order valence-corrected chi connectivity index (χ0v) is 52.8. The van der Waals surface area contributed by atoms with Crippen molar-refractivity contribution < 1.29 is 28.6 Å². The highest BCUT2D eigenvalue weighted by Crippen LogP contribution is 2.17. The lowest BCUT2D eigenvalue weighted by atomic mass is 10.0. The Morgan fingerprint density at radius 2 is 0.487 bits per heavy atom. The highest BCUT2D eigenvalue weighted by atomic mass is 16.6. The second-order valence-corrected chi connectivity index (χ2v) is 22.7. The van der Waals surface area contributed by atoms with Gasteiger partial charge in [-0.1, -0.05) is 330 Å². The number of ether oxygens (including phenoxy) is 3. The number of hydrogen-bond donors (Lipinski definition) is 0. The third-order valence-corrected chi connectivity index (χ3v) is 14.9. The SMILES string of the molecule is CC/C=C\C/C=C\C/C=C\C/C=C\C/C=C\C/C=C\C/C=C\C/C=C\CCCCCCCCC(=O)OCC(COC(=O)CCCCCCCCCCC)OC(=O)CCCCCCCCCCCCCCCCCCCCCCCC. The van der Waals surface area contributed by atoms with Crippen LogP contribution in [0.25, 0.3) is 0 Å². The van der Waals surface area contributed by atoms with Crippen LogP contribution in [-0.4, -0.2) is 37.2 Å². The Balaban J connectivity index is 4.21. The Morgan fingerprint density at radius 1 is 0.263 bits per heavy atom. The van der Waals surface area contributed by atoms with E-state index in [9.17, 15) is 14.4 Å². The van der Waals surface area contributed by atoms with Crippen molar-refractivity contribution in [3.8, 4) is 0 Å². The highest BCUT2D eigenvalue weighted by molar-refractivity contribution is 5.71. The minimum absolute atomic E-state index is 0.0778. The molecule has 0 aromatic carbocycles. The van der Waals surface area contributed by atoms with Crippen LogP contribution in [0.15, 0.2) is 97.2 Å². The van der Waals surface area contributed by atoms with E-state index < -0.39 is 6.10 Å². The molecular formula is C74H128O6. The van der Waals surface area contributed by atoms with Crippen LogP contribution in [0.1, 0.15) is 335 Å². The van der Waals surface area contributed by atoms with Gasteiger partial charge in [0.05, 0.1) is 0 Å². The van der Waals surface area contributed by atoms with Crippen LogP contribution >= 0.6 is 0 Å². The predicted molar refractivity (Wildman–Crippen MR) is 348 cm³/mol. The molecule has 0 aliphatic rings. The lowest BCUT2D eigenvalue weighted by Crippen LogP contribution is -2.30. The zero-order chi connectivity index (χ0) is 57.8. The van der Waals surface area contributed by atoms with Gasteiger partial charge in [-0.2, -0.15) is 0 Å². The van der Waals surface area contributed by atoms with Crippen molar-refractivity contribution in [3.63, 3.8) is 0 Å². The molecule has 0 radical (unpaired) electrons. The highest BCUT2D eigenvalue weighted by Gasteiger charge is 2.19. The molecule has 0 fully saturated rings. The summed E-state index contributed by atoms with van der Waals surface area (Å²) in [4.78, 5) is 38.3. The van der Waals surface area contributed by atoms with Gasteiger partial charge in [0, 0.05) is 19.3 Å². The monoisotopic (exact) mass is 1110 g/mol. The van der Waals surface area contributed by atoms with Gasteiger partial charge in [-0.3, -0.25) is 14.4 Å². The van der Waals surface area contributed by atoms with Gasteiger partial charge < -0.3 is 14.2 Å². The van der Waals surface area contributed by atoms with E-state index in [1.807, 2.05) is 0 Å². The summed E-state index contributed by atoms with van der Waals surface area (Å²) in [5, 5.41) is 0. The summed E-state index contributed by atoms with van der Waals surface area (Å²) in [7, 11) is 0. The molecule has 0 rings (SSSR count). The fraction of sp³-hybridized carbons (Fsp3) is 0.743. The number of carbonyl (C=O) groups excluding carboxylic acids is 3. The molecule has 0 N–H and O–H groups in total. The van der Waals surface area contributed by atoms with E-state index >= 15 is 0 Å². The summed E-state index contributed by atoms with van der Waals surface area (Å²) in [6, 6.07) is 0. The van der Waals surface area contributed by atoms with Crippen molar-refractivity contribution >= 4 is 17.9 Å². The van der Waals surface area contributed by atoms with Crippen molar-refractivity contribution in [2.45, 2.75) is 341 Å². The van der Waals surface area contributed by atoms with Gasteiger partial charge in [-0.15, -0.1) is 0 Å². The predicted octanol–water partition coefficient (Wildman–Crippen LogP) is 23.6. The maximum absolute atomic E-state index is 12.9. The third-order valence-electron chi connectivity index (χ3n) is 14.9. The van der Waals surface area contributed by atoms with Crippen molar-refractivity contribution in [1.82, 2.24) is 0 Å². The molecule has 0 amide bonds. The molecule has 0 aliphatic heterocycles. The average Bonchev–Trinajstić information content (AvgIpc) is 3.46. The molecular weight excluding hydrogens is 985 g/mol. The molecule has 0 aromatic heterocycles. The van der Waals surface area contributed by atoms with Crippen LogP contribution in [0, 0.1) is 0 Å². The maximum atomic E-state index is 12.9. The topological polar surface area (TPSA) is 78.9 Å². The molecule has 0 saturated carbocycles. The van der Waals surface area contributed by atoms with Crippen LogP contribution in [-0.2, 0) is 28.6 Å². The summed E-state index contributed by atoms with van der Waals surface area (Å²) in [6.07, 6.45) is 91.5. The molecule has 0 bridgehead atoms. The molecule has 1 unspecified atom stereocenters. The first-order chi connectivity index (χ1) is 39.5. The first-order valence-corrected chi connectivity index (χ1v) is 34.2. The fourth-order valence-electron chi connectivity index (χ4n) is 9.76. The maximum Gasteiger partial charge on any atom is 0.306 e. The van der Waals surface area contributed by atoms with Crippen molar-refractivity contribution in [3.05, 3.63) is 97.2 Å². The normalized spacial score (nSPS) is 12.7. The molecule has 460 valence electrons. The van der Waals surface area contributed by atoms with Gasteiger partial charge in [0.25, 0.3) is 0 Å². The molecule has 0 aliphatic carbocycles. The molecule has 6 nitrogen and oxygen atoms in total. The van der Waals surface area contributed by atoms with Crippen LogP contribution in [0.4, 0.5) is 0 Å². The van der Waals surface area contributed by atoms with Crippen LogP contribution in [0.5, 0.6) is 0 Å². The number of esters is 3. The van der Waals surface area contributed by atoms with E-state index in [0.29, 0.717) is 19.3 Å². The van der Waals surface area contributed by atoms with Gasteiger partial charge in [-0.25, -0.2) is 0 Å². The second-order valence-electron chi connectivity index (χ2n) is 22.7. The number of unbranched alkanes of at least 4 members (excludes halogenated alkanes) is 35. The Kier molecular flexibility index (Phi) is 64.7. The molecule has 0 spiro atoms. The Bertz CT molecular complexity index is 1560. The lowest BCUT2D eigenvalue weighted by Gasteiger charge is -2.18. The van der Waals surface area contributed by atoms with Crippen molar-refractivity contribution in [2.75, 3.05) is 13.2 Å². The molecule has 1 atom stereocenters. The molecule has 0 aromatic rings.